The Kier molecular flexibility index (Phi) is 24.0. The number of nitrogens with zero attached hydrogens (tertiary/aromatic N) is 4. The summed E-state index contributed by atoms with van der Waals surface area (Å²) in [7, 11) is 0. The van der Waals surface area contributed by atoms with E-state index in [1.165, 1.54) is 4.90 Å². The number of unbranched alkanes of at least 4 members (excludes halogenated alkanes) is 2. The summed E-state index contributed by atoms with van der Waals surface area (Å²) in [5.74, 6) is -7.72. The van der Waals surface area contributed by atoms with E-state index in [0.29, 0.717) is 68.7 Å². The van der Waals surface area contributed by atoms with Gasteiger partial charge < -0.3 is 74.3 Å². The van der Waals surface area contributed by atoms with Crippen LogP contribution in [0.25, 0.3) is 0 Å². The summed E-state index contributed by atoms with van der Waals surface area (Å²) in [4.78, 5) is 134. The molecule has 15 N–H and O–H groups in total. The SMILES string of the molecule is CCCC[C@H](NC(N)=O)C(=O)N[C@@H](CC(=O)O)C(=O)N1Cc2ccccc2C[C@H]1C(=O)N[C@H](Cc1ccc(CN2CCOCC2)cc1)C(=O)N[C@@H](CCCN=C(N)N)C(=O)N1Cc2ccccc2C[C@H]1C(=O)N[C@@H](CCCCN)C(=O)O. The Bertz CT molecular complexity index is 2750. The van der Waals surface area contributed by atoms with Gasteiger partial charge in [0.1, 0.15) is 42.3 Å². The molecule has 0 spiro atoms. The molecule has 1 saturated heterocycles. The molecule has 82 heavy (non-hydrogen) atoms. The van der Waals surface area contributed by atoms with Gasteiger partial charge in [-0.3, -0.25) is 43.5 Å². The van der Waals surface area contributed by atoms with Gasteiger partial charge in [-0.25, -0.2) is 9.59 Å². The minimum absolute atomic E-state index is 0.0260. The van der Waals surface area contributed by atoms with Crippen molar-refractivity contribution in [3.63, 3.8) is 0 Å². The average molecular weight is 1140 g/mol. The highest BCUT2D eigenvalue weighted by molar-refractivity contribution is 5.99. The van der Waals surface area contributed by atoms with E-state index in [2.05, 4.69) is 36.5 Å². The van der Waals surface area contributed by atoms with Gasteiger partial charge in [-0.15, -0.1) is 0 Å². The highest BCUT2D eigenvalue weighted by Crippen LogP contribution is 2.28. The maximum atomic E-state index is 15.2. The summed E-state index contributed by atoms with van der Waals surface area (Å²) < 4.78 is 5.52. The Morgan fingerprint density at radius 2 is 1.12 bits per heavy atom. The summed E-state index contributed by atoms with van der Waals surface area (Å²) in [6, 6.07) is 11.1. The van der Waals surface area contributed by atoms with Gasteiger partial charge in [0.2, 0.25) is 35.4 Å². The van der Waals surface area contributed by atoms with Gasteiger partial charge in [0.15, 0.2) is 5.96 Å². The highest BCUT2D eigenvalue weighted by Gasteiger charge is 2.43. The zero-order valence-corrected chi connectivity index (χ0v) is 46.4. The summed E-state index contributed by atoms with van der Waals surface area (Å²) in [6.07, 6.45) is 1.32. The molecular formula is C57H79N13O12. The first-order chi connectivity index (χ1) is 39.3. The average Bonchev–Trinajstić information content (AvgIpc) is 3.55. The number of nitrogens with two attached hydrogens (primary N) is 4. The Morgan fingerprint density at radius 3 is 1.66 bits per heavy atom. The first-order valence-corrected chi connectivity index (χ1v) is 28.0. The van der Waals surface area contributed by atoms with Crippen molar-refractivity contribution in [3.05, 3.63) is 106 Å². The lowest BCUT2D eigenvalue weighted by atomic mass is 9.91. The molecule has 3 aliphatic heterocycles. The van der Waals surface area contributed by atoms with Gasteiger partial charge in [0.05, 0.1) is 19.6 Å². The summed E-state index contributed by atoms with van der Waals surface area (Å²) in [5, 5.41) is 33.4. The van der Waals surface area contributed by atoms with Crippen LogP contribution in [0.5, 0.6) is 0 Å². The minimum atomic E-state index is -1.72. The second-order valence-corrected chi connectivity index (χ2v) is 20.9. The number of carboxylic acids is 2. The van der Waals surface area contributed by atoms with E-state index in [9.17, 15) is 39.0 Å². The Hall–Kier alpha value is -8.16. The van der Waals surface area contributed by atoms with Crippen LogP contribution >= 0.6 is 0 Å². The number of ether oxygens (including phenoxy) is 1. The molecular weight excluding hydrogens is 1060 g/mol. The minimum Gasteiger partial charge on any atom is -0.481 e. The zero-order valence-electron chi connectivity index (χ0n) is 46.4. The number of fused-ring (bicyclic) bond motifs is 2. The molecule has 3 aromatic carbocycles. The number of nitrogens with one attached hydrogen (secondary N) is 5. The number of rotatable bonds is 29. The molecule has 8 amide bonds. The molecule has 25 heteroatoms. The summed E-state index contributed by atoms with van der Waals surface area (Å²) >= 11 is 0. The molecule has 0 unspecified atom stereocenters. The molecule has 0 saturated carbocycles. The Morgan fingerprint density at radius 1 is 0.610 bits per heavy atom. The van der Waals surface area contributed by atoms with Gasteiger partial charge in [-0.05, 0) is 78.5 Å². The second-order valence-electron chi connectivity index (χ2n) is 20.9. The molecule has 3 heterocycles. The van der Waals surface area contributed by atoms with Crippen LogP contribution in [0.2, 0.25) is 0 Å². The predicted molar refractivity (Wildman–Crippen MR) is 302 cm³/mol. The molecule has 6 rings (SSSR count). The van der Waals surface area contributed by atoms with Gasteiger partial charge >= 0.3 is 18.0 Å². The van der Waals surface area contributed by atoms with Crippen molar-refractivity contribution < 1.29 is 58.1 Å². The van der Waals surface area contributed by atoms with Crippen LogP contribution in [0.3, 0.4) is 0 Å². The maximum Gasteiger partial charge on any atom is 0.326 e. The number of primary amides is 1. The van der Waals surface area contributed by atoms with Crippen molar-refractivity contribution in [1.82, 2.24) is 41.3 Å². The Balaban J connectivity index is 1.35. The van der Waals surface area contributed by atoms with Crippen LogP contribution in [0.4, 0.5) is 4.79 Å². The fraction of sp³-hybridized carbons (Fsp3) is 0.509. The lowest BCUT2D eigenvalue weighted by Gasteiger charge is -2.39. The van der Waals surface area contributed by atoms with E-state index >= 15 is 14.4 Å². The summed E-state index contributed by atoms with van der Waals surface area (Å²) in [5.41, 5.74) is 26.8. The van der Waals surface area contributed by atoms with Crippen LogP contribution < -0.4 is 49.5 Å². The van der Waals surface area contributed by atoms with E-state index in [-0.39, 0.29) is 70.5 Å². The van der Waals surface area contributed by atoms with Crippen LogP contribution in [0.1, 0.15) is 98.1 Å². The van der Waals surface area contributed by atoms with Crippen LogP contribution in [0, 0.1) is 0 Å². The number of hydrogen-bond acceptors (Lipinski definition) is 13. The summed E-state index contributed by atoms with van der Waals surface area (Å²) in [6.45, 7) is 5.30. The number of carbonyl (C=O) groups excluding carboxylic acids is 7. The Labute approximate surface area is 476 Å². The van der Waals surface area contributed by atoms with Gasteiger partial charge in [0.25, 0.3) is 0 Å². The predicted octanol–water partition coefficient (Wildman–Crippen LogP) is -0.124. The monoisotopic (exact) mass is 1140 g/mol. The molecule has 0 aromatic heterocycles. The van der Waals surface area contributed by atoms with Crippen molar-refractivity contribution >= 4 is 59.4 Å². The zero-order chi connectivity index (χ0) is 59.3. The first-order valence-electron chi connectivity index (χ1n) is 28.0. The van der Waals surface area contributed by atoms with E-state index in [1.54, 1.807) is 36.4 Å². The van der Waals surface area contributed by atoms with Crippen molar-refractivity contribution in [1.29, 1.82) is 0 Å². The smallest absolute Gasteiger partial charge is 0.326 e. The van der Waals surface area contributed by atoms with Crippen molar-refractivity contribution in [2.45, 2.75) is 146 Å². The normalized spacial score (nSPS) is 17.7. The van der Waals surface area contributed by atoms with E-state index in [1.807, 2.05) is 43.3 Å². The molecule has 444 valence electrons. The number of aliphatic carboxylic acids is 2. The van der Waals surface area contributed by atoms with Crippen LogP contribution in [-0.2, 0) is 82.0 Å². The second kappa shape index (κ2) is 31.2. The number of hydrogen-bond donors (Lipinski definition) is 11. The number of guanidine groups is 1. The number of morpholine rings is 1. The molecule has 0 radical (unpaired) electrons. The third kappa shape index (κ3) is 18.4. The number of amides is 8. The molecule has 3 aliphatic rings. The van der Waals surface area contributed by atoms with Gasteiger partial charge in [0, 0.05) is 58.5 Å². The number of carboxylic acid groups (broad SMARTS) is 2. The maximum absolute atomic E-state index is 15.2. The van der Waals surface area contributed by atoms with Crippen molar-refractivity contribution in [3.8, 4) is 0 Å². The molecule has 7 atom stereocenters. The molecule has 3 aromatic rings. The standard InChI is InChI=1S/C57H79N13O12/c1-2-3-15-41(67-57(61)81)49(73)66-45(31-48(71)72)54(78)70-34-40-14-7-5-12-38(40)30-47(70)52(76)65-44(28-35-18-20-36(21-19-35)32-68-24-26-82-27-25-68)50(74)63-42(17-10-23-62-56(59)60)53(77)69-33-39-13-6-4-11-37(39)29-46(69)51(75)64-43(55(79)80)16-8-9-22-58/h4-7,11-14,18-21,41-47H,2-3,8-10,15-17,22-34,58H2,1H3,(H,63,74)(H,64,75)(H,65,76)(H,66,73)(H,71,72)(H,79,80)(H4,59,60,62)(H3,61,67,81)/t41-,42-,43-,44+,45-,46-,47-/m0/s1. The number of benzene rings is 3. The van der Waals surface area contributed by atoms with E-state index < -0.39 is 102 Å². The topological polar surface area (TPSA) is 390 Å². The van der Waals surface area contributed by atoms with Crippen LogP contribution in [-0.4, -0.2) is 166 Å². The van der Waals surface area contributed by atoms with Crippen molar-refractivity contribution in [2.24, 2.45) is 27.9 Å². The molecule has 0 aliphatic carbocycles. The number of carbonyl (C=O) groups is 9. The fourth-order valence-electron chi connectivity index (χ4n) is 10.4. The third-order valence-electron chi connectivity index (χ3n) is 14.9. The largest absolute Gasteiger partial charge is 0.481 e. The fourth-order valence-corrected chi connectivity index (χ4v) is 10.4. The van der Waals surface area contributed by atoms with Crippen molar-refractivity contribution in [2.75, 3.05) is 39.4 Å². The molecule has 1 fully saturated rings. The molecule has 0 bridgehead atoms. The first kappa shape index (κ1) is 63.0. The van der Waals surface area contributed by atoms with Gasteiger partial charge in [-0.1, -0.05) is 92.6 Å². The van der Waals surface area contributed by atoms with E-state index in [4.69, 9.17) is 27.7 Å². The van der Waals surface area contributed by atoms with Crippen LogP contribution in [0.15, 0.2) is 77.8 Å². The number of urea groups is 1. The number of aliphatic imine (C=N–C) groups is 1. The lowest BCUT2D eigenvalue weighted by molar-refractivity contribution is -0.148. The third-order valence-corrected chi connectivity index (χ3v) is 14.9. The lowest BCUT2D eigenvalue weighted by Crippen LogP contribution is -2.62. The highest BCUT2D eigenvalue weighted by atomic mass is 16.5. The van der Waals surface area contributed by atoms with Gasteiger partial charge in [-0.2, -0.15) is 0 Å². The van der Waals surface area contributed by atoms with E-state index in [0.717, 1.165) is 34.7 Å². The quantitative estimate of drug-likeness (QED) is 0.0245. The molecule has 25 nitrogen and oxygen atoms in total.